The number of hydrogen-bond donors (Lipinski definition) is 4. The monoisotopic (exact) mass is 1010 g/mol. The van der Waals surface area contributed by atoms with Crippen LogP contribution in [-0.2, 0) is 0 Å². The van der Waals surface area contributed by atoms with Gasteiger partial charge in [0.25, 0.3) is 0 Å². The van der Waals surface area contributed by atoms with Crippen LogP contribution in [0.1, 0.15) is 68.7 Å². The summed E-state index contributed by atoms with van der Waals surface area (Å²) in [4.78, 5) is 39.2. The van der Waals surface area contributed by atoms with Crippen molar-refractivity contribution in [1.29, 1.82) is 0 Å². The fourth-order valence-electron chi connectivity index (χ4n) is 8.28. The number of nitrogens with one attached hydrogen (secondary N) is 3. The van der Waals surface area contributed by atoms with Crippen molar-refractivity contribution in [3.05, 3.63) is 110 Å². The molecule has 8 heterocycles. The molecule has 0 bridgehead atoms. The smallest absolute Gasteiger partial charge is 0.322 e. The molecule has 10 rings (SSSR count). The molecule has 15 nitrogen and oxygen atoms in total. The van der Waals surface area contributed by atoms with E-state index in [-0.39, 0.29) is 29.7 Å². The van der Waals surface area contributed by atoms with Gasteiger partial charge in [0.2, 0.25) is 0 Å². The number of urea groups is 2. The van der Waals surface area contributed by atoms with Gasteiger partial charge in [-0.1, -0.05) is 30.7 Å². The third-order valence-corrected chi connectivity index (χ3v) is 13.0. The van der Waals surface area contributed by atoms with E-state index < -0.39 is 6.10 Å². The zero-order valence-corrected chi connectivity index (χ0v) is 38.3. The van der Waals surface area contributed by atoms with Gasteiger partial charge in [0.1, 0.15) is 34.0 Å². The summed E-state index contributed by atoms with van der Waals surface area (Å²) in [5.74, 6) is 0.890. The molecule has 4 aliphatic rings. The van der Waals surface area contributed by atoms with Crippen molar-refractivity contribution in [2.45, 2.75) is 63.6 Å². The highest BCUT2D eigenvalue weighted by Crippen LogP contribution is 2.37. The van der Waals surface area contributed by atoms with Crippen LogP contribution in [0.15, 0.2) is 82.3 Å². The van der Waals surface area contributed by atoms with Crippen molar-refractivity contribution in [2.75, 3.05) is 54.8 Å². The van der Waals surface area contributed by atoms with Gasteiger partial charge in [0.15, 0.2) is 11.3 Å². The van der Waals surface area contributed by atoms with Gasteiger partial charge < -0.3 is 35.8 Å². The lowest BCUT2D eigenvalue weighted by Crippen LogP contribution is -2.33. The minimum Gasteiger partial charge on any atom is -0.391 e. The number of aromatic nitrogens is 6. The Morgan fingerprint density at radius 1 is 0.778 bits per heavy atom. The second-order valence-corrected chi connectivity index (χ2v) is 18.2. The van der Waals surface area contributed by atoms with Crippen LogP contribution in [-0.4, -0.2) is 102 Å². The van der Waals surface area contributed by atoms with Crippen LogP contribution in [0.4, 0.5) is 35.6 Å². The Balaban J connectivity index is 0.000000144. The Morgan fingerprint density at radius 3 is 2.00 bits per heavy atom. The summed E-state index contributed by atoms with van der Waals surface area (Å²) in [6.07, 6.45) is 12.2. The number of carbonyl (C=O) groups is 2. The lowest BCUT2D eigenvalue weighted by Gasteiger charge is -2.26. The molecule has 4 N–H and O–H groups in total. The second kappa shape index (κ2) is 19.8. The van der Waals surface area contributed by atoms with Gasteiger partial charge in [-0.2, -0.15) is 10.2 Å². The van der Waals surface area contributed by atoms with Crippen molar-refractivity contribution in [2.24, 2.45) is 5.92 Å². The molecule has 4 amide bonds. The molecular formula is C43H47Br2ClF2N12O3. The second-order valence-electron chi connectivity index (χ2n) is 16.1. The molecule has 0 aliphatic carbocycles. The molecule has 332 valence electrons. The van der Waals surface area contributed by atoms with Crippen molar-refractivity contribution < 1.29 is 23.5 Å². The van der Waals surface area contributed by atoms with Crippen LogP contribution < -0.4 is 20.9 Å². The Hall–Kier alpha value is -4.95. The number of anilines is 3. The number of aliphatic hydroxyl groups excluding tert-OH is 1. The lowest BCUT2D eigenvalue weighted by molar-refractivity contribution is 0.176. The van der Waals surface area contributed by atoms with Gasteiger partial charge in [-0.25, -0.2) is 37.4 Å². The third-order valence-electron chi connectivity index (χ3n) is 11.6. The Bertz CT molecular complexity index is 2590. The van der Waals surface area contributed by atoms with Crippen molar-refractivity contribution >= 4 is 84.0 Å². The molecule has 20 heteroatoms. The Morgan fingerprint density at radius 2 is 1.40 bits per heavy atom. The number of likely N-dealkylation sites (tertiary alicyclic amines) is 2. The van der Waals surface area contributed by atoms with Crippen molar-refractivity contribution in [3.63, 3.8) is 0 Å². The number of benzene rings is 2. The van der Waals surface area contributed by atoms with Crippen LogP contribution in [0.25, 0.3) is 11.3 Å². The minimum absolute atomic E-state index is 0.110. The van der Waals surface area contributed by atoms with Gasteiger partial charge >= 0.3 is 12.1 Å². The van der Waals surface area contributed by atoms with Gasteiger partial charge in [-0.3, -0.25) is 0 Å². The Labute approximate surface area is 384 Å². The molecule has 0 spiro atoms. The SMILES string of the molecule is C[C@H]1CCN(C(=O)Nc2cnn3ccc(N4CCC[C@@H]4c4ccc(F)c(Br)c4)nc23)C1.Fc1ccc(C2CCCN2)cc1Br.O=C(Nc1cnn2ccc(Cl)nc12)N1CC[C@H](O)C1. The van der Waals surface area contributed by atoms with Crippen LogP contribution in [0, 0.1) is 17.6 Å². The first kappa shape index (κ1) is 44.6. The number of rotatable bonds is 5. The predicted molar refractivity (Wildman–Crippen MR) is 244 cm³/mol. The van der Waals surface area contributed by atoms with Gasteiger partial charge in [-0.15, -0.1) is 0 Å². The summed E-state index contributed by atoms with van der Waals surface area (Å²) >= 11 is 12.3. The standard InChI is InChI=1S/C22H24BrFN6O.C11H12ClN5O2.C10H11BrFN/c1-14-6-9-28(13-14)22(31)26-18-12-25-30-10-7-20(27-21(18)30)29-8-2-3-19(29)15-4-5-17(24)16(23)11-15;12-9-2-4-17-10(15-9)8(5-13-17)14-11(19)16-3-1-7(18)6-16;11-8-6-7(3-4-9(8)12)10-2-1-5-13-10/h4-5,7,10-12,14,19H,2-3,6,8-9,13H2,1H3,(H,26,31);2,4-5,7,18H,1,3,6H2,(H,14,19);3-4,6,10,13H,1-2,5H2/t14-,19+;7-;/m00./s1. The molecule has 6 aromatic rings. The van der Waals surface area contributed by atoms with E-state index in [1.54, 1.807) is 27.9 Å². The van der Waals surface area contributed by atoms with Crippen molar-refractivity contribution in [1.82, 2.24) is 44.3 Å². The number of aliphatic hydroxyl groups is 1. The summed E-state index contributed by atoms with van der Waals surface area (Å²) in [6, 6.07) is 14.1. The van der Waals surface area contributed by atoms with E-state index in [0.717, 1.165) is 63.2 Å². The van der Waals surface area contributed by atoms with E-state index in [2.05, 4.69) is 74.8 Å². The molecule has 2 aromatic carbocycles. The average Bonchev–Trinajstić information content (AvgIpc) is 4.14. The number of fused-ring (bicyclic) bond motifs is 2. The summed E-state index contributed by atoms with van der Waals surface area (Å²) in [5, 5.41) is 27.2. The quantitative estimate of drug-likeness (QED) is 0.124. The molecule has 1 unspecified atom stereocenters. The molecule has 4 aromatic heterocycles. The summed E-state index contributed by atoms with van der Waals surface area (Å²) in [7, 11) is 0. The van der Waals surface area contributed by atoms with Crippen LogP contribution in [0.3, 0.4) is 0 Å². The summed E-state index contributed by atoms with van der Waals surface area (Å²) < 4.78 is 30.8. The van der Waals surface area contributed by atoms with E-state index in [0.29, 0.717) is 68.2 Å². The highest BCUT2D eigenvalue weighted by molar-refractivity contribution is 9.10. The molecule has 63 heavy (non-hydrogen) atoms. The predicted octanol–water partition coefficient (Wildman–Crippen LogP) is 8.84. The van der Waals surface area contributed by atoms with Crippen LogP contribution in [0.2, 0.25) is 5.15 Å². The molecule has 4 saturated heterocycles. The average molecular weight is 1010 g/mol. The van der Waals surface area contributed by atoms with Crippen LogP contribution in [0.5, 0.6) is 0 Å². The number of amides is 4. The van der Waals surface area contributed by atoms with Gasteiger partial charge in [0.05, 0.1) is 33.5 Å². The minimum atomic E-state index is -0.442. The topological polar surface area (TPSA) is 161 Å². The molecular weight excluding hydrogens is 966 g/mol. The highest BCUT2D eigenvalue weighted by atomic mass is 79.9. The maximum absolute atomic E-state index is 13.7. The first-order chi connectivity index (χ1) is 30.4. The van der Waals surface area contributed by atoms with Crippen molar-refractivity contribution in [3.8, 4) is 0 Å². The number of β-amino-alcohol motifs (C(OH)–C–C–N with tert-alkyl or cyclic N) is 1. The zero-order valence-electron chi connectivity index (χ0n) is 34.4. The maximum Gasteiger partial charge on any atom is 0.322 e. The van der Waals surface area contributed by atoms with Crippen LogP contribution >= 0.6 is 43.5 Å². The molecule has 0 radical (unpaired) electrons. The van der Waals surface area contributed by atoms with E-state index >= 15 is 0 Å². The number of carbonyl (C=O) groups excluding carboxylic acids is 2. The molecule has 4 atom stereocenters. The number of halogens is 5. The normalized spacial score (nSPS) is 20.8. The van der Waals surface area contributed by atoms with E-state index in [1.807, 2.05) is 41.4 Å². The third kappa shape index (κ3) is 10.5. The number of hydrogen-bond acceptors (Lipinski definition) is 9. The summed E-state index contributed by atoms with van der Waals surface area (Å²) in [5.41, 5.74) is 4.42. The van der Waals surface area contributed by atoms with E-state index in [4.69, 9.17) is 16.6 Å². The maximum atomic E-state index is 13.7. The van der Waals surface area contributed by atoms with Gasteiger partial charge in [-0.05, 0) is 130 Å². The van der Waals surface area contributed by atoms with E-state index in [9.17, 15) is 23.5 Å². The molecule has 0 saturated carbocycles. The molecule has 4 aliphatic heterocycles. The highest BCUT2D eigenvalue weighted by Gasteiger charge is 2.29. The largest absolute Gasteiger partial charge is 0.391 e. The summed E-state index contributed by atoms with van der Waals surface area (Å²) in [6.45, 7) is 6.52. The fourth-order valence-corrected chi connectivity index (χ4v) is 9.21. The Kier molecular flexibility index (Phi) is 14.1. The lowest BCUT2D eigenvalue weighted by atomic mass is 10.0. The molecule has 4 fully saturated rings. The zero-order chi connectivity index (χ0) is 44.2. The first-order valence-electron chi connectivity index (χ1n) is 20.9. The van der Waals surface area contributed by atoms with E-state index in [1.165, 1.54) is 34.8 Å². The van der Waals surface area contributed by atoms with Gasteiger partial charge in [0, 0.05) is 51.2 Å². The number of nitrogens with zero attached hydrogens (tertiary/aromatic N) is 9. The first-order valence-corrected chi connectivity index (χ1v) is 22.9. The fraction of sp³-hybridized carbons (Fsp3) is 0.395.